The van der Waals surface area contributed by atoms with Crippen LogP contribution in [0.1, 0.15) is 34.6 Å². The molecule has 1 saturated heterocycles. The Balaban J connectivity index is 2.15. The third kappa shape index (κ3) is 3.30. The average molecular weight is 292 g/mol. The summed E-state index contributed by atoms with van der Waals surface area (Å²) in [5.74, 6) is 0.109. The van der Waals surface area contributed by atoms with Crippen molar-refractivity contribution in [3.8, 4) is 5.75 Å². The largest absolute Gasteiger partial charge is 0.497 e. The smallest absolute Gasteiger partial charge is 0.489 e. The molecule has 2 rings (SSSR count). The Morgan fingerprint density at radius 1 is 1.19 bits per heavy atom. The second-order valence-electron chi connectivity index (χ2n) is 6.15. The minimum Gasteiger partial charge on any atom is -0.489 e. The lowest BCUT2D eigenvalue weighted by Crippen LogP contribution is -2.41. The van der Waals surface area contributed by atoms with E-state index in [1.165, 1.54) is 6.07 Å². The summed E-state index contributed by atoms with van der Waals surface area (Å²) in [4.78, 5) is 0. The van der Waals surface area contributed by atoms with Gasteiger partial charge < -0.3 is 14.0 Å². The van der Waals surface area contributed by atoms with E-state index in [1.54, 1.807) is 12.1 Å². The standard InChI is InChI=1S/C16H22BFO3/c1-6-7-10-19-12-8-9-13(14(18)11-12)17-20-15(2,3)16(4,5)21-17/h6-9,11H,10H2,1-5H3. The highest BCUT2D eigenvalue weighted by atomic mass is 19.1. The van der Waals surface area contributed by atoms with E-state index in [0.717, 1.165) is 0 Å². The summed E-state index contributed by atoms with van der Waals surface area (Å²) in [6.07, 6.45) is 3.75. The van der Waals surface area contributed by atoms with E-state index in [0.29, 0.717) is 17.8 Å². The van der Waals surface area contributed by atoms with Gasteiger partial charge in [0.1, 0.15) is 18.2 Å². The predicted octanol–water partition coefficient (Wildman–Crippen LogP) is 3.08. The van der Waals surface area contributed by atoms with Crippen LogP contribution in [0.25, 0.3) is 0 Å². The average Bonchev–Trinajstić information content (AvgIpc) is 2.58. The highest BCUT2D eigenvalue weighted by Gasteiger charge is 2.52. The fourth-order valence-electron chi connectivity index (χ4n) is 2.00. The summed E-state index contributed by atoms with van der Waals surface area (Å²) < 4.78 is 31.4. The van der Waals surface area contributed by atoms with Gasteiger partial charge in [-0.3, -0.25) is 0 Å². The van der Waals surface area contributed by atoms with Crippen molar-refractivity contribution in [1.82, 2.24) is 0 Å². The molecule has 0 atom stereocenters. The zero-order valence-electron chi connectivity index (χ0n) is 13.3. The first-order valence-corrected chi connectivity index (χ1v) is 7.16. The van der Waals surface area contributed by atoms with Gasteiger partial charge in [0.15, 0.2) is 0 Å². The summed E-state index contributed by atoms with van der Waals surface area (Å²) in [5.41, 5.74) is -0.567. The molecule has 0 N–H and O–H groups in total. The van der Waals surface area contributed by atoms with Gasteiger partial charge in [0.05, 0.1) is 11.2 Å². The van der Waals surface area contributed by atoms with E-state index in [9.17, 15) is 4.39 Å². The number of hydrogen-bond donors (Lipinski definition) is 0. The Morgan fingerprint density at radius 2 is 1.81 bits per heavy atom. The van der Waals surface area contributed by atoms with Crippen LogP contribution in [0.4, 0.5) is 4.39 Å². The molecule has 21 heavy (non-hydrogen) atoms. The van der Waals surface area contributed by atoms with Gasteiger partial charge in [-0.15, -0.1) is 0 Å². The minimum atomic E-state index is -0.695. The van der Waals surface area contributed by atoms with Crippen LogP contribution in [0.15, 0.2) is 30.4 Å². The van der Waals surface area contributed by atoms with Gasteiger partial charge in [-0.2, -0.15) is 0 Å². The fourth-order valence-corrected chi connectivity index (χ4v) is 2.00. The van der Waals surface area contributed by atoms with E-state index in [-0.39, 0.29) is 5.82 Å². The van der Waals surface area contributed by atoms with Crippen molar-refractivity contribution in [3.05, 3.63) is 36.2 Å². The van der Waals surface area contributed by atoms with Crippen molar-refractivity contribution in [2.24, 2.45) is 0 Å². The lowest BCUT2D eigenvalue weighted by molar-refractivity contribution is 0.00578. The molecule has 0 radical (unpaired) electrons. The van der Waals surface area contributed by atoms with Gasteiger partial charge in [0.2, 0.25) is 0 Å². The Morgan fingerprint density at radius 3 is 2.33 bits per heavy atom. The normalized spacial score (nSPS) is 20.2. The first-order chi connectivity index (χ1) is 9.77. The van der Waals surface area contributed by atoms with Crippen LogP contribution in [0.3, 0.4) is 0 Å². The van der Waals surface area contributed by atoms with Crippen molar-refractivity contribution in [1.29, 1.82) is 0 Å². The van der Waals surface area contributed by atoms with Crippen molar-refractivity contribution in [3.63, 3.8) is 0 Å². The fraction of sp³-hybridized carbons (Fsp3) is 0.500. The molecule has 1 heterocycles. The SMILES string of the molecule is CC=CCOc1ccc(B2OC(C)(C)C(C)(C)O2)c(F)c1. The maximum absolute atomic E-state index is 14.3. The van der Waals surface area contributed by atoms with Crippen LogP contribution < -0.4 is 10.2 Å². The summed E-state index contributed by atoms with van der Waals surface area (Å²) >= 11 is 0. The third-order valence-electron chi connectivity index (χ3n) is 4.06. The Labute approximate surface area is 126 Å². The number of ether oxygens (including phenoxy) is 1. The van der Waals surface area contributed by atoms with Crippen LogP contribution in [-0.2, 0) is 9.31 Å². The van der Waals surface area contributed by atoms with Crippen molar-refractivity contribution >= 4 is 12.6 Å². The Kier molecular flexibility index (Phi) is 4.44. The van der Waals surface area contributed by atoms with Gasteiger partial charge in [-0.05, 0) is 40.7 Å². The molecule has 1 aromatic carbocycles. The molecule has 0 spiro atoms. The lowest BCUT2D eigenvalue weighted by Gasteiger charge is -2.32. The first kappa shape index (κ1) is 16.1. The zero-order chi connectivity index (χ0) is 15.7. The van der Waals surface area contributed by atoms with Crippen molar-refractivity contribution < 1.29 is 18.4 Å². The van der Waals surface area contributed by atoms with Crippen LogP contribution >= 0.6 is 0 Å². The molecule has 114 valence electrons. The number of halogens is 1. The number of benzene rings is 1. The molecule has 3 nitrogen and oxygen atoms in total. The summed E-state index contributed by atoms with van der Waals surface area (Å²) in [7, 11) is -0.695. The van der Waals surface area contributed by atoms with Crippen LogP contribution in [0, 0.1) is 5.82 Å². The number of allylic oxidation sites excluding steroid dienone is 1. The number of rotatable bonds is 4. The Hall–Kier alpha value is -1.33. The topological polar surface area (TPSA) is 27.7 Å². The molecule has 0 aliphatic carbocycles. The summed E-state index contributed by atoms with van der Waals surface area (Å²) in [6, 6.07) is 4.75. The first-order valence-electron chi connectivity index (χ1n) is 7.16. The molecule has 0 bridgehead atoms. The maximum Gasteiger partial charge on any atom is 0.497 e. The summed E-state index contributed by atoms with van der Waals surface area (Å²) in [5, 5.41) is 0. The molecular weight excluding hydrogens is 270 g/mol. The molecule has 0 amide bonds. The van der Waals surface area contributed by atoms with Crippen molar-refractivity contribution in [2.75, 3.05) is 6.61 Å². The van der Waals surface area contributed by atoms with E-state index < -0.39 is 18.3 Å². The second kappa shape index (κ2) is 5.81. The highest BCUT2D eigenvalue weighted by Crippen LogP contribution is 2.36. The van der Waals surface area contributed by atoms with Gasteiger partial charge in [0.25, 0.3) is 0 Å². The molecule has 1 aliphatic rings. The van der Waals surface area contributed by atoms with Gasteiger partial charge in [-0.1, -0.05) is 18.2 Å². The van der Waals surface area contributed by atoms with Crippen LogP contribution in [-0.4, -0.2) is 24.9 Å². The molecule has 1 aromatic rings. The number of hydrogen-bond acceptors (Lipinski definition) is 3. The van der Waals surface area contributed by atoms with Crippen LogP contribution in [0.5, 0.6) is 5.75 Å². The minimum absolute atomic E-state index is 0.383. The third-order valence-corrected chi connectivity index (χ3v) is 4.06. The van der Waals surface area contributed by atoms with Crippen LogP contribution in [0.2, 0.25) is 0 Å². The predicted molar refractivity (Wildman–Crippen MR) is 82.4 cm³/mol. The molecule has 0 saturated carbocycles. The van der Waals surface area contributed by atoms with Gasteiger partial charge >= 0.3 is 7.12 Å². The van der Waals surface area contributed by atoms with E-state index in [4.69, 9.17) is 14.0 Å². The van der Waals surface area contributed by atoms with Gasteiger partial charge in [0, 0.05) is 11.5 Å². The maximum atomic E-state index is 14.3. The molecular formula is C16H22BFO3. The molecule has 5 heteroatoms. The Bertz CT molecular complexity index is 524. The van der Waals surface area contributed by atoms with Gasteiger partial charge in [-0.25, -0.2) is 4.39 Å². The molecule has 0 aromatic heterocycles. The molecule has 1 fully saturated rings. The summed E-state index contributed by atoms with van der Waals surface area (Å²) in [6.45, 7) is 10.1. The molecule has 1 aliphatic heterocycles. The highest BCUT2D eigenvalue weighted by molar-refractivity contribution is 6.62. The van der Waals surface area contributed by atoms with E-state index in [1.807, 2.05) is 46.8 Å². The monoisotopic (exact) mass is 292 g/mol. The second-order valence-corrected chi connectivity index (χ2v) is 6.15. The van der Waals surface area contributed by atoms with E-state index in [2.05, 4.69) is 0 Å². The lowest BCUT2D eigenvalue weighted by atomic mass is 9.78. The molecule has 0 unspecified atom stereocenters. The van der Waals surface area contributed by atoms with Crippen molar-refractivity contribution in [2.45, 2.75) is 45.8 Å². The quantitative estimate of drug-likeness (QED) is 0.630. The zero-order valence-corrected chi connectivity index (χ0v) is 13.3. The van der Waals surface area contributed by atoms with E-state index >= 15 is 0 Å².